The second kappa shape index (κ2) is 5.89. The zero-order valence-corrected chi connectivity index (χ0v) is 11.7. The lowest BCUT2D eigenvalue weighted by molar-refractivity contribution is 0.180. The summed E-state index contributed by atoms with van der Waals surface area (Å²) in [5, 5.41) is 12.6. The Balaban J connectivity index is 1.88. The first-order valence-electron chi connectivity index (χ1n) is 6.77. The number of fused-ring (bicyclic) bond motifs is 1. The van der Waals surface area contributed by atoms with Gasteiger partial charge in [-0.1, -0.05) is 24.3 Å². The van der Waals surface area contributed by atoms with E-state index >= 15 is 0 Å². The molecule has 0 aliphatic carbocycles. The molecule has 4 nitrogen and oxygen atoms in total. The summed E-state index contributed by atoms with van der Waals surface area (Å²) in [7, 11) is 1.58. The van der Waals surface area contributed by atoms with Gasteiger partial charge in [-0.3, -0.25) is 4.98 Å². The fourth-order valence-corrected chi connectivity index (χ4v) is 2.42. The third kappa shape index (κ3) is 2.85. The molecule has 0 aliphatic rings. The van der Waals surface area contributed by atoms with Gasteiger partial charge in [0, 0.05) is 36.5 Å². The van der Waals surface area contributed by atoms with E-state index in [0.717, 1.165) is 21.9 Å². The van der Waals surface area contributed by atoms with Crippen LogP contribution in [0.5, 0.6) is 5.88 Å². The minimum Gasteiger partial charge on any atom is -0.481 e. The largest absolute Gasteiger partial charge is 0.481 e. The molecule has 1 N–H and O–H groups in total. The number of ether oxygens (including phenoxy) is 1. The Kier molecular flexibility index (Phi) is 3.79. The van der Waals surface area contributed by atoms with Gasteiger partial charge in [0.05, 0.1) is 13.2 Å². The highest BCUT2D eigenvalue weighted by Gasteiger charge is 2.12. The molecule has 3 aromatic rings. The van der Waals surface area contributed by atoms with E-state index in [2.05, 4.69) is 9.97 Å². The maximum atomic E-state index is 10.5. The number of rotatable bonds is 4. The summed E-state index contributed by atoms with van der Waals surface area (Å²) in [5.74, 6) is 0.574. The maximum Gasteiger partial charge on any atom is 0.212 e. The molecule has 0 bridgehead atoms. The van der Waals surface area contributed by atoms with Gasteiger partial charge in [-0.25, -0.2) is 4.98 Å². The number of hydrogen-bond donors (Lipinski definition) is 1. The summed E-state index contributed by atoms with van der Waals surface area (Å²) >= 11 is 0. The number of pyridine rings is 2. The fourth-order valence-electron chi connectivity index (χ4n) is 2.42. The lowest BCUT2D eigenvalue weighted by Crippen LogP contribution is -2.03. The average molecular weight is 280 g/mol. The summed E-state index contributed by atoms with van der Waals surface area (Å²) in [4.78, 5) is 8.27. The summed E-state index contributed by atoms with van der Waals surface area (Å²) in [5.41, 5.74) is 1.88. The van der Waals surface area contributed by atoms with Crippen molar-refractivity contribution >= 4 is 10.8 Å². The minimum absolute atomic E-state index is 0.512. The van der Waals surface area contributed by atoms with Gasteiger partial charge in [0.15, 0.2) is 0 Å². The van der Waals surface area contributed by atoms with Gasteiger partial charge in [0.1, 0.15) is 0 Å². The van der Waals surface area contributed by atoms with Crippen LogP contribution in [0.15, 0.2) is 55.0 Å². The van der Waals surface area contributed by atoms with Crippen molar-refractivity contribution in [3.05, 3.63) is 66.1 Å². The van der Waals surface area contributed by atoms with Crippen LogP contribution in [-0.2, 0) is 6.42 Å². The maximum absolute atomic E-state index is 10.5. The Bertz CT molecular complexity index is 736. The van der Waals surface area contributed by atoms with Crippen LogP contribution in [-0.4, -0.2) is 22.2 Å². The zero-order valence-electron chi connectivity index (χ0n) is 11.7. The molecule has 2 aromatic heterocycles. The van der Waals surface area contributed by atoms with E-state index in [1.807, 2.05) is 30.3 Å². The second-order valence-corrected chi connectivity index (χ2v) is 4.87. The van der Waals surface area contributed by atoms with Crippen LogP contribution in [0.4, 0.5) is 0 Å². The van der Waals surface area contributed by atoms with E-state index in [0.29, 0.717) is 12.3 Å². The number of nitrogens with zero attached hydrogens (tertiary/aromatic N) is 2. The van der Waals surface area contributed by atoms with Crippen molar-refractivity contribution in [2.24, 2.45) is 0 Å². The summed E-state index contributed by atoms with van der Waals surface area (Å²) in [6, 6.07) is 11.5. The Morgan fingerprint density at radius 2 is 2.05 bits per heavy atom. The van der Waals surface area contributed by atoms with Crippen molar-refractivity contribution in [3.63, 3.8) is 0 Å². The first-order valence-corrected chi connectivity index (χ1v) is 6.77. The molecule has 0 amide bonds. The van der Waals surface area contributed by atoms with Crippen molar-refractivity contribution in [2.75, 3.05) is 7.11 Å². The van der Waals surface area contributed by atoms with E-state index in [-0.39, 0.29) is 0 Å². The van der Waals surface area contributed by atoms with Gasteiger partial charge in [0.25, 0.3) is 0 Å². The van der Waals surface area contributed by atoms with Crippen molar-refractivity contribution in [3.8, 4) is 5.88 Å². The molecule has 4 heteroatoms. The first-order chi connectivity index (χ1) is 10.3. The third-order valence-corrected chi connectivity index (χ3v) is 3.51. The van der Waals surface area contributed by atoms with Crippen LogP contribution in [0.25, 0.3) is 10.8 Å². The molecule has 1 unspecified atom stereocenters. The molecule has 2 heterocycles. The Morgan fingerprint density at radius 1 is 1.14 bits per heavy atom. The van der Waals surface area contributed by atoms with Crippen LogP contribution >= 0.6 is 0 Å². The number of methoxy groups -OCH3 is 1. The van der Waals surface area contributed by atoms with Crippen LogP contribution in [0, 0.1) is 0 Å². The molecular weight excluding hydrogens is 264 g/mol. The van der Waals surface area contributed by atoms with E-state index in [1.165, 1.54) is 0 Å². The van der Waals surface area contributed by atoms with Crippen LogP contribution < -0.4 is 4.74 Å². The standard InChI is InChI=1S/C17H16N2O2/c1-21-17-6-5-12(10-19-17)9-16(20)15-4-2-3-13-11-18-8-7-14(13)15/h2-8,10-11,16,20H,9H2,1H3. The van der Waals surface area contributed by atoms with Crippen LogP contribution in [0.3, 0.4) is 0 Å². The molecular formula is C17H16N2O2. The Hall–Kier alpha value is -2.46. The third-order valence-electron chi connectivity index (χ3n) is 3.51. The Labute approximate surface area is 123 Å². The molecule has 3 rings (SSSR count). The number of hydrogen-bond acceptors (Lipinski definition) is 4. The van der Waals surface area contributed by atoms with Crippen molar-refractivity contribution in [1.29, 1.82) is 0 Å². The van der Waals surface area contributed by atoms with Gasteiger partial charge >= 0.3 is 0 Å². The van der Waals surface area contributed by atoms with E-state index in [1.54, 1.807) is 31.8 Å². The molecule has 21 heavy (non-hydrogen) atoms. The molecule has 0 fully saturated rings. The topological polar surface area (TPSA) is 55.2 Å². The van der Waals surface area contributed by atoms with Crippen LogP contribution in [0.1, 0.15) is 17.2 Å². The van der Waals surface area contributed by atoms with Gasteiger partial charge in [-0.05, 0) is 22.6 Å². The molecule has 0 saturated heterocycles. The highest BCUT2D eigenvalue weighted by molar-refractivity contribution is 5.85. The molecule has 1 aromatic carbocycles. The average Bonchev–Trinajstić information content (AvgIpc) is 2.55. The van der Waals surface area contributed by atoms with Crippen molar-refractivity contribution in [1.82, 2.24) is 9.97 Å². The van der Waals surface area contributed by atoms with Gasteiger partial charge < -0.3 is 9.84 Å². The lowest BCUT2D eigenvalue weighted by Gasteiger charge is -2.13. The fraction of sp³-hybridized carbons (Fsp3) is 0.176. The normalized spacial score (nSPS) is 12.3. The van der Waals surface area contributed by atoms with Gasteiger partial charge in [-0.2, -0.15) is 0 Å². The van der Waals surface area contributed by atoms with E-state index < -0.39 is 6.10 Å². The molecule has 0 radical (unpaired) electrons. The van der Waals surface area contributed by atoms with Gasteiger partial charge in [0.2, 0.25) is 5.88 Å². The number of aliphatic hydroxyl groups excluding tert-OH is 1. The monoisotopic (exact) mass is 280 g/mol. The summed E-state index contributed by atoms with van der Waals surface area (Å²) in [6.45, 7) is 0. The molecule has 106 valence electrons. The second-order valence-electron chi connectivity index (χ2n) is 4.87. The van der Waals surface area contributed by atoms with E-state index in [4.69, 9.17) is 4.74 Å². The molecule has 0 saturated carbocycles. The van der Waals surface area contributed by atoms with Gasteiger partial charge in [-0.15, -0.1) is 0 Å². The predicted octanol–water partition coefficient (Wildman–Crippen LogP) is 2.91. The van der Waals surface area contributed by atoms with Crippen LogP contribution in [0.2, 0.25) is 0 Å². The minimum atomic E-state index is -0.578. The smallest absolute Gasteiger partial charge is 0.212 e. The quantitative estimate of drug-likeness (QED) is 0.798. The summed E-state index contributed by atoms with van der Waals surface area (Å²) in [6.07, 6.45) is 5.22. The molecule has 1 atom stereocenters. The highest BCUT2D eigenvalue weighted by Crippen LogP contribution is 2.26. The highest BCUT2D eigenvalue weighted by atomic mass is 16.5. The van der Waals surface area contributed by atoms with E-state index in [9.17, 15) is 5.11 Å². The molecule has 0 spiro atoms. The lowest BCUT2D eigenvalue weighted by atomic mass is 9.98. The number of aliphatic hydroxyl groups is 1. The van der Waals surface area contributed by atoms with Crippen molar-refractivity contribution < 1.29 is 9.84 Å². The number of benzene rings is 1. The summed E-state index contributed by atoms with van der Waals surface area (Å²) < 4.78 is 5.04. The Morgan fingerprint density at radius 3 is 2.81 bits per heavy atom. The molecule has 0 aliphatic heterocycles. The number of aromatic nitrogens is 2. The van der Waals surface area contributed by atoms with Crippen molar-refractivity contribution in [2.45, 2.75) is 12.5 Å². The SMILES string of the molecule is COc1ccc(CC(O)c2cccc3cnccc23)cn1. The first kappa shape index (κ1) is 13.5. The predicted molar refractivity (Wildman–Crippen MR) is 81.2 cm³/mol. The zero-order chi connectivity index (χ0) is 14.7.